The summed E-state index contributed by atoms with van der Waals surface area (Å²) in [6, 6.07) is 20.5. The van der Waals surface area contributed by atoms with Crippen molar-refractivity contribution in [1.29, 1.82) is 5.26 Å². The summed E-state index contributed by atoms with van der Waals surface area (Å²) < 4.78 is 77.6. The fourth-order valence-electron chi connectivity index (χ4n) is 16.1. The number of hydrogen-bond donors (Lipinski definition) is 0. The molecule has 14 rings (SSSR count). The maximum absolute atomic E-state index is 17.4. The number of amides is 2. The second-order valence-corrected chi connectivity index (χ2v) is 27.3. The second kappa shape index (κ2) is 26.0. The van der Waals surface area contributed by atoms with Gasteiger partial charge in [0, 0.05) is 129 Å². The van der Waals surface area contributed by atoms with E-state index >= 15 is 8.78 Å². The average molecular weight is 1330 g/mol. The zero-order chi connectivity index (χ0) is 66.0. The summed E-state index contributed by atoms with van der Waals surface area (Å²) in [4.78, 5) is 69.8. The van der Waals surface area contributed by atoms with Gasteiger partial charge in [0.25, 0.3) is 0 Å². The van der Waals surface area contributed by atoms with E-state index in [1.807, 2.05) is 61.3 Å². The molecule has 7 atom stereocenters. The van der Waals surface area contributed by atoms with Crippen LogP contribution < -0.4 is 19.3 Å². The number of alkyl halides is 1. The van der Waals surface area contributed by atoms with Crippen LogP contribution in [0.25, 0.3) is 65.9 Å². The molecule has 492 valence electrons. The van der Waals surface area contributed by atoms with E-state index in [-0.39, 0.29) is 101 Å². The number of rotatable bonds is 19. The summed E-state index contributed by atoms with van der Waals surface area (Å²) in [7, 11) is 5.74. The minimum atomic E-state index is -0.984. The third-order valence-electron chi connectivity index (χ3n) is 20.9. The first-order chi connectivity index (χ1) is 45.9. The van der Waals surface area contributed by atoms with E-state index in [1.165, 1.54) is 18.3 Å². The number of likely N-dealkylation sites (tertiary alicyclic amines) is 2. The van der Waals surface area contributed by atoms with Crippen LogP contribution in [0.15, 0.2) is 104 Å². The number of nitriles is 1. The molecule has 24 heteroatoms. The summed E-state index contributed by atoms with van der Waals surface area (Å²) in [5, 5.41) is 13.1. The molecule has 95 heavy (non-hydrogen) atoms. The van der Waals surface area contributed by atoms with Crippen LogP contribution in [0.4, 0.5) is 29.2 Å². The standard InChI is InChI=1S/C71H72Cl2F4N14O4/c1-5-55(92)90-39-48(32-45(90)22-27-78)87(4)67-52-35-79-62(49-15-6-12-42-14-8-17-53(72)57(42)49)60(76)65(52)81-68(84-67)94-40-70-24-11-30-91(70)47(21-26-70)37-85(2)28-9-18-56(93)88-31-23-46(38-88)86(3)66-51-34-80-63(50-16-7-13-43-19-20-54(75)59(73)58(43)50)61(77)64(51)82-69(83-66)95-41-71-25-10-29-89(71)36-44(74)33-71/h5-9,12-20,34-35,44-48H,1,10-11,21-26,28-33,36-41H2,2-4H3/b18-9+/t44-,45+,46-,47?,48+,70?,71+/m1/s1. The number of nitrogens with zero attached hydrogens (tertiary/aromatic N) is 14. The first-order valence-electron chi connectivity index (χ1n) is 32.5. The summed E-state index contributed by atoms with van der Waals surface area (Å²) in [5.74, 6) is -1.75. The largest absolute Gasteiger partial charge is 0.461 e. The topological polar surface area (TPSA) is 176 Å². The lowest BCUT2D eigenvalue weighted by atomic mass is 9.95. The fourth-order valence-corrected chi connectivity index (χ4v) is 16.6. The monoisotopic (exact) mass is 1330 g/mol. The van der Waals surface area contributed by atoms with E-state index in [2.05, 4.69) is 37.3 Å². The molecule has 8 aromatic rings. The zero-order valence-corrected chi connectivity index (χ0v) is 54.6. The Kier molecular flexibility index (Phi) is 17.5. The van der Waals surface area contributed by atoms with Gasteiger partial charge in [0.05, 0.1) is 39.4 Å². The van der Waals surface area contributed by atoms with Crippen LogP contribution in [-0.2, 0) is 9.59 Å². The fraction of sp³-hybridized carbons (Fsp3) is 0.423. The average Bonchev–Trinajstić information content (AvgIpc) is 1.43. The Bertz CT molecular complexity index is 4450. The lowest BCUT2D eigenvalue weighted by Crippen LogP contribution is -2.49. The smallest absolute Gasteiger partial charge is 0.319 e. The Labute approximate surface area is 557 Å². The van der Waals surface area contributed by atoms with Crippen molar-refractivity contribution in [2.75, 3.05) is 96.5 Å². The first kappa shape index (κ1) is 64.0. The van der Waals surface area contributed by atoms with Gasteiger partial charge in [-0.3, -0.25) is 29.4 Å². The molecule has 0 spiro atoms. The highest BCUT2D eigenvalue weighted by molar-refractivity contribution is 6.37. The number of ether oxygens (including phenoxy) is 2. The summed E-state index contributed by atoms with van der Waals surface area (Å²) >= 11 is 13.3. The van der Waals surface area contributed by atoms with Crippen molar-refractivity contribution in [2.24, 2.45) is 0 Å². The number of fused-ring (bicyclic) bond motifs is 6. The summed E-state index contributed by atoms with van der Waals surface area (Å²) in [6.45, 7) is 8.41. The molecule has 10 heterocycles. The number of pyridine rings is 2. The highest BCUT2D eigenvalue weighted by Crippen LogP contribution is 2.46. The number of carbonyl (C=O) groups is 2. The Hall–Kier alpha value is -8.33. The van der Waals surface area contributed by atoms with Crippen LogP contribution >= 0.6 is 23.2 Å². The molecule has 6 aliphatic heterocycles. The predicted octanol–water partition coefficient (Wildman–Crippen LogP) is 11.8. The first-order valence-corrected chi connectivity index (χ1v) is 33.3. The number of likely N-dealkylation sites (N-methyl/N-ethyl adjacent to an activating group) is 3. The number of benzene rings is 4. The lowest BCUT2D eigenvalue weighted by Gasteiger charge is -2.36. The molecular weight excluding hydrogens is 1260 g/mol. The van der Waals surface area contributed by atoms with Gasteiger partial charge in [0.2, 0.25) is 11.8 Å². The molecule has 6 saturated heterocycles. The number of carbonyl (C=O) groups excluding carboxylic acids is 2. The summed E-state index contributed by atoms with van der Waals surface area (Å²) in [6.07, 6.45) is 13.7. The molecule has 0 N–H and O–H groups in total. The Morgan fingerprint density at radius 1 is 0.737 bits per heavy atom. The van der Waals surface area contributed by atoms with Crippen LogP contribution in [0.5, 0.6) is 12.0 Å². The Morgan fingerprint density at radius 2 is 1.37 bits per heavy atom. The number of halogens is 6. The number of aromatic nitrogens is 6. The van der Waals surface area contributed by atoms with Gasteiger partial charge in [-0.2, -0.15) is 25.2 Å². The maximum atomic E-state index is 17.4. The Balaban J connectivity index is 0.655. The van der Waals surface area contributed by atoms with Crippen LogP contribution in [0.1, 0.15) is 64.2 Å². The third kappa shape index (κ3) is 11.8. The van der Waals surface area contributed by atoms with Gasteiger partial charge in [0.1, 0.15) is 59.3 Å². The van der Waals surface area contributed by atoms with Crippen molar-refractivity contribution >= 4 is 90.0 Å². The van der Waals surface area contributed by atoms with Gasteiger partial charge >= 0.3 is 12.0 Å². The van der Waals surface area contributed by atoms with Crippen molar-refractivity contribution < 1.29 is 36.6 Å². The van der Waals surface area contributed by atoms with Crippen LogP contribution in [0, 0.1) is 28.8 Å². The normalized spacial score (nSPS) is 23.7. The number of hydrogen-bond acceptors (Lipinski definition) is 16. The van der Waals surface area contributed by atoms with E-state index < -0.39 is 29.2 Å². The molecule has 0 bridgehead atoms. The predicted molar refractivity (Wildman–Crippen MR) is 359 cm³/mol. The molecule has 0 aliphatic carbocycles. The molecule has 2 unspecified atom stereocenters. The van der Waals surface area contributed by atoms with Gasteiger partial charge < -0.3 is 34.0 Å². The van der Waals surface area contributed by atoms with Gasteiger partial charge in [-0.25, -0.2) is 17.6 Å². The van der Waals surface area contributed by atoms with Crippen LogP contribution in [-0.4, -0.2) is 194 Å². The lowest BCUT2D eigenvalue weighted by molar-refractivity contribution is -0.127. The van der Waals surface area contributed by atoms with E-state index in [4.69, 9.17) is 52.6 Å². The van der Waals surface area contributed by atoms with Crippen molar-refractivity contribution in [1.82, 2.24) is 54.4 Å². The third-order valence-corrected chi connectivity index (χ3v) is 21.6. The van der Waals surface area contributed by atoms with Crippen LogP contribution in [0.2, 0.25) is 10.0 Å². The molecule has 0 saturated carbocycles. The van der Waals surface area contributed by atoms with Gasteiger partial charge in [-0.1, -0.05) is 90.5 Å². The van der Waals surface area contributed by atoms with E-state index in [0.717, 1.165) is 63.5 Å². The second-order valence-electron chi connectivity index (χ2n) is 26.5. The SMILES string of the molecule is C=CC(=O)N1C[C@@H](N(C)c2nc(OCC34CCCN3C(CN(C)C/C=C/C(=O)N3CC[C@@H](N(C)c5nc(OC[C@@]67CCCN6C[C@H](F)C7)nc6c(F)c(-c7cccc8ccc(F)c(Cl)c78)ncc56)C3)CC4)nc3c(F)c(-c4cccc5cccc(Cl)c45)ncc23)C[C@@H]1CC#N. The molecule has 0 radical (unpaired) electrons. The quantitative estimate of drug-likeness (QED) is 0.0551. The van der Waals surface area contributed by atoms with Crippen molar-refractivity contribution in [3.63, 3.8) is 0 Å². The number of anilines is 2. The van der Waals surface area contributed by atoms with Gasteiger partial charge in [-0.05, 0) is 100 Å². The summed E-state index contributed by atoms with van der Waals surface area (Å²) in [5.41, 5.74) is -0.0816. The van der Waals surface area contributed by atoms with E-state index in [9.17, 15) is 23.6 Å². The molecule has 4 aromatic carbocycles. The molecule has 6 fully saturated rings. The van der Waals surface area contributed by atoms with Gasteiger partial charge in [-0.15, -0.1) is 0 Å². The van der Waals surface area contributed by atoms with Gasteiger partial charge in [0.15, 0.2) is 11.6 Å². The molecule has 6 aliphatic rings. The van der Waals surface area contributed by atoms with E-state index in [0.29, 0.717) is 107 Å². The Morgan fingerprint density at radius 3 is 2.05 bits per heavy atom. The highest BCUT2D eigenvalue weighted by atomic mass is 35.5. The minimum Gasteiger partial charge on any atom is -0.461 e. The molecule has 2 amide bonds. The molecule has 4 aromatic heterocycles. The van der Waals surface area contributed by atoms with Crippen LogP contribution in [0.3, 0.4) is 0 Å². The highest BCUT2D eigenvalue weighted by Gasteiger charge is 2.51. The zero-order valence-electron chi connectivity index (χ0n) is 53.1. The molecule has 18 nitrogen and oxygen atoms in total. The van der Waals surface area contributed by atoms with Crippen molar-refractivity contribution in [3.05, 3.63) is 131 Å². The van der Waals surface area contributed by atoms with Crippen molar-refractivity contribution in [3.8, 4) is 40.6 Å². The van der Waals surface area contributed by atoms with Crippen molar-refractivity contribution in [2.45, 2.75) is 106 Å². The minimum absolute atomic E-state index is 0.00576. The van der Waals surface area contributed by atoms with E-state index in [1.54, 1.807) is 58.5 Å². The molecular formula is C71H72Cl2F4N14O4. The maximum Gasteiger partial charge on any atom is 0.319 e.